The van der Waals surface area contributed by atoms with Gasteiger partial charge in [0, 0.05) is 12.1 Å². The average molecular weight is 414 g/mol. The molecule has 0 bridgehead atoms. The van der Waals surface area contributed by atoms with Gasteiger partial charge >= 0.3 is 0 Å². The summed E-state index contributed by atoms with van der Waals surface area (Å²) in [6.07, 6.45) is 0.682. The number of aryl methyl sites for hydroxylation is 1. The Morgan fingerprint density at radius 3 is 2.37 bits per heavy atom. The summed E-state index contributed by atoms with van der Waals surface area (Å²) in [4.78, 5) is 29.4. The molecule has 0 radical (unpaired) electrons. The molecule has 1 amide bonds. The number of benzene rings is 1. The van der Waals surface area contributed by atoms with E-state index in [0.717, 1.165) is 19.6 Å². The molecule has 2 heterocycles. The van der Waals surface area contributed by atoms with E-state index in [0.29, 0.717) is 24.5 Å². The zero-order valence-electron chi connectivity index (χ0n) is 17.5. The van der Waals surface area contributed by atoms with Crippen LogP contribution in [0.1, 0.15) is 43.4 Å². The SMILES string of the molecule is CCN(CC)CCCN1C(=O)C(=O)C(=C(O)c2ccc(F)cc2)C1c1ccc(C)o1. The Kier molecular flexibility index (Phi) is 6.72. The van der Waals surface area contributed by atoms with Crippen LogP contribution < -0.4 is 0 Å². The number of nitrogens with zero attached hydrogens (tertiary/aromatic N) is 2. The van der Waals surface area contributed by atoms with Crippen LogP contribution in [0.3, 0.4) is 0 Å². The number of ketones is 1. The molecule has 1 aliphatic heterocycles. The lowest BCUT2D eigenvalue weighted by Crippen LogP contribution is -2.33. The molecule has 3 rings (SSSR count). The van der Waals surface area contributed by atoms with Gasteiger partial charge < -0.3 is 19.3 Å². The van der Waals surface area contributed by atoms with Crippen molar-refractivity contribution in [3.8, 4) is 0 Å². The molecule has 1 aromatic heterocycles. The number of aliphatic hydroxyl groups is 1. The summed E-state index contributed by atoms with van der Waals surface area (Å²) in [5.74, 6) is -1.17. The first kappa shape index (κ1) is 21.8. The lowest BCUT2D eigenvalue weighted by atomic mass is 9.99. The zero-order chi connectivity index (χ0) is 21.8. The van der Waals surface area contributed by atoms with Crippen LogP contribution in [-0.2, 0) is 9.59 Å². The van der Waals surface area contributed by atoms with E-state index in [1.54, 1.807) is 19.1 Å². The van der Waals surface area contributed by atoms with Gasteiger partial charge in [-0.3, -0.25) is 9.59 Å². The predicted octanol–water partition coefficient (Wildman–Crippen LogP) is 3.88. The number of furan rings is 1. The van der Waals surface area contributed by atoms with Crippen LogP contribution in [0.5, 0.6) is 0 Å². The number of Topliss-reactive ketones (excluding diaryl/α,β-unsaturated/α-hetero) is 1. The van der Waals surface area contributed by atoms with Gasteiger partial charge in [0.05, 0.1) is 5.57 Å². The minimum atomic E-state index is -0.819. The molecule has 1 unspecified atom stereocenters. The molecule has 6 nitrogen and oxygen atoms in total. The van der Waals surface area contributed by atoms with E-state index >= 15 is 0 Å². The summed E-state index contributed by atoms with van der Waals surface area (Å²) in [6, 6.07) is 7.79. The minimum absolute atomic E-state index is 0.0382. The normalized spacial score (nSPS) is 18.6. The second kappa shape index (κ2) is 9.26. The lowest BCUT2D eigenvalue weighted by Gasteiger charge is -2.25. The summed E-state index contributed by atoms with van der Waals surface area (Å²) >= 11 is 0. The number of hydrogen-bond acceptors (Lipinski definition) is 5. The van der Waals surface area contributed by atoms with Crippen LogP contribution in [0.2, 0.25) is 0 Å². The van der Waals surface area contributed by atoms with Gasteiger partial charge in [0.1, 0.15) is 29.1 Å². The van der Waals surface area contributed by atoms with Crippen molar-refractivity contribution < 1.29 is 23.5 Å². The first-order valence-corrected chi connectivity index (χ1v) is 10.2. The zero-order valence-corrected chi connectivity index (χ0v) is 17.5. The summed E-state index contributed by atoms with van der Waals surface area (Å²) in [5, 5.41) is 10.9. The highest BCUT2D eigenvalue weighted by atomic mass is 19.1. The monoisotopic (exact) mass is 414 g/mol. The van der Waals surface area contributed by atoms with Crippen LogP contribution in [0.25, 0.3) is 5.76 Å². The molecule has 0 spiro atoms. The number of likely N-dealkylation sites (tertiary alicyclic amines) is 1. The van der Waals surface area contributed by atoms with Gasteiger partial charge in [0.25, 0.3) is 11.7 Å². The third kappa shape index (κ3) is 4.31. The molecule has 7 heteroatoms. The molecule has 2 aromatic rings. The number of halogens is 1. The molecule has 1 saturated heterocycles. The van der Waals surface area contributed by atoms with E-state index in [1.165, 1.54) is 29.2 Å². The van der Waals surface area contributed by atoms with E-state index in [4.69, 9.17) is 4.42 Å². The van der Waals surface area contributed by atoms with Crippen molar-refractivity contribution in [1.82, 2.24) is 9.80 Å². The van der Waals surface area contributed by atoms with Crippen molar-refractivity contribution in [2.75, 3.05) is 26.2 Å². The van der Waals surface area contributed by atoms with E-state index in [1.807, 2.05) is 0 Å². The van der Waals surface area contributed by atoms with Crippen LogP contribution in [0.15, 0.2) is 46.4 Å². The van der Waals surface area contributed by atoms with Gasteiger partial charge in [-0.1, -0.05) is 13.8 Å². The van der Waals surface area contributed by atoms with Crippen LogP contribution in [0.4, 0.5) is 4.39 Å². The lowest BCUT2D eigenvalue weighted by molar-refractivity contribution is -0.140. The van der Waals surface area contributed by atoms with E-state index in [2.05, 4.69) is 18.7 Å². The van der Waals surface area contributed by atoms with E-state index < -0.39 is 23.5 Å². The quantitative estimate of drug-likeness (QED) is 0.403. The molecule has 160 valence electrons. The number of hydrogen-bond donors (Lipinski definition) is 1. The largest absolute Gasteiger partial charge is 0.507 e. The number of rotatable bonds is 8. The van der Waals surface area contributed by atoms with Gasteiger partial charge in [-0.25, -0.2) is 4.39 Å². The van der Waals surface area contributed by atoms with Gasteiger partial charge in [-0.05, 0) is 69.4 Å². The Bertz CT molecular complexity index is 944. The predicted molar refractivity (Wildman–Crippen MR) is 111 cm³/mol. The second-order valence-electron chi connectivity index (χ2n) is 7.33. The topological polar surface area (TPSA) is 74.0 Å². The first-order valence-electron chi connectivity index (χ1n) is 10.2. The van der Waals surface area contributed by atoms with Crippen molar-refractivity contribution in [2.45, 2.75) is 33.2 Å². The molecule has 1 fully saturated rings. The molecule has 1 aliphatic rings. The van der Waals surface area contributed by atoms with Gasteiger partial charge in [0.2, 0.25) is 0 Å². The highest BCUT2D eigenvalue weighted by Gasteiger charge is 2.47. The third-order valence-electron chi connectivity index (χ3n) is 5.46. The smallest absolute Gasteiger partial charge is 0.295 e. The molecule has 1 atom stereocenters. The molecule has 0 aliphatic carbocycles. The van der Waals surface area contributed by atoms with Crippen molar-refractivity contribution in [3.63, 3.8) is 0 Å². The first-order chi connectivity index (χ1) is 14.4. The summed E-state index contributed by atoms with van der Waals surface area (Å²) in [6.45, 7) is 8.87. The molecular weight excluding hydrogens is 387 g/mol. The molecule has 1 N–H and O–H groups in total. The molecule has 30 heavy (non-hydrogen) atoms. The Morgan fingerprint density at radius 1 is 1.13 bits per heavy atom. The maximum atomic E-state index is 13.3. The maximum Gasteiger partial charge on any atom is 0.295 e. The minimum Gasteiger partial charge on any atom is -0.507 e. The number of amides is 1. The Balaban J connectivity index is 1.99. The third-order valence-corrected chi connectivity index (χ3v) is 5.46. The van der Waals surface area contributed by atoms with Crippen LogP contribution >= 0.6 is 0 Å². The summed E-state index contributed by atoms with van der Waals surface area (Å²) in [5.41, 5.74) is 0.231. The van der Waals surface area contributed by atoms with Crippen molar-refractivity contribution in [3.05, 3.63) is 64.9 Å². The van der Waals surface area contributed by atoms with Crippen molar-refractivity contribution in [2.24, 2.45) is 0 Å². The van der Waals surface area contributed by atoms with Gasteiger partial charge in [-0.15, -0.1) is 0 Å². The molecular formula is C23H27FN2O4. The van der Waals surface area contributed by atoms with E-state index in [-0.39, 0.29) is 16.9 Å². The number of aliphatic hydroxyl groups excluding tert-OH is 1. The molecule has 1 aromatic carbocycles. The van der Waals surface area contributed by atoms with Crippen molar-refractivity contribution >= 4 is 17.4 Å². The van der Waals surface area contributed by atoms with Crippen LogP contribution in [0, 0.1) is 12.7 Å². The highest BCUT2D eigenvalue weighted by Crippen LogP contribution is 2.40. The van der Waals surface area contributed by atoms with Crippen LogP contribution in [-0.4, -0.2) is 52.8 Å². The fourth-order valence-corrected chi connectivity index (χ4v) is 3.77. The van der Waals surface area contributed by atoms with E-state index in [9.17, 15) is 19.1 Å². The maximum absolute atomic E-state index is 13.3. The van der Waals surface area contributed by atoms with Gasteiger partial charge in [-0.2, -0.15) is 0 Å². The fraction of sp³-hybridized carbons (Fsp3) is 0.391. The van der Waals surface area contributed by atoms with Gasteiger partial charge in [0.15, 0.2) is 0 Å². The summed E-state index contributed by atoms with van der Waals surface area (Å²) < 4.78 is 19.0. The highest BCUT2D eigenvalue weighted by molar-refractivity contribution is 6.46. The average Bonchev–Trinajstić information content (AvgIpc) is 3.27. The van der Waals surface area contributed by atoms with Crippen molar-refractivity contribution in [1.29, 1.82) is 0 Å². The Labute approximate surface area is 175 Å². The second-order valence-corrected chi connectivity index (χ2v) is 7.33. The Morgan fingerprint density at radius 2 is 1.80 bits per heavy atom. The molecule has 0 saturated carbocycles. The fourth-order valence-electron chi connectivity index (χ4n) is 3.77. The summed E-state index contributed by atoms with van der Waals surface area (Å²) in [7, 11) is 0. The Hall–Kier alpha value is -2.93. The number of carbonyl (C=O) groups excluding carboxylic acids is 2. The number of carbonyl (C=O) groups is 2. The standard InChI is InChI=1S/C23H27FN2O4/c1-4-25(5-2)13-6-14-26-20(18-12-7-15(3)30-18)19(22(28)23(26)29)21(27)16-8-10-17(24)11-9-16/h7-12,20,27H,4-6,13-14H2,1-3H3.